The van der Waals surface area contributed by atoms with Gasteiger partial charge in [-0.05, 0) is 16.8 Å². The summed E-state index contributed by atoms with van der Waals surface area (Å²) in [6.45, 7) is 4.66. The van der Waals surface area contributed by atoms with E-state index >= 15 is 0 Å². The number of hydrogen-bond donors (Lipinski definition) is 1. The quantitative estimate of drug-likeness (QED) is 0.596. The Morgan fingerprint density at radius 1 is 0.893 bits per heavy atom. The molecule has 0 saturated carbocycles. The molecule has 2 aromatic carbocycles. The molecule has 1 aliphatic rings. The Balaban J connectivity index is 1.54. The van der Waals surface area contributed by atoms with E-state index in [1.165, 1.54) is 10.8 Å². The first-order chi connectivity index (χ1) is 13.8. The largest absolute Gasteiger partial charge is 0.395 e. The molecule has 0 bridgehead atoms. The predicted molar refractivity (Wildman–Crippen MR) is 112 cm³/mol. The summed E-state index contributed by atoms with van der Waals surface area (Å²) in [6, 6.07) is 19.0. The van der Waals surface area contributed by atoms with Crippen LogP contribution >= 0.6 is 0 Å². The van der Waals surface area contributed by atoms with E-state index in [0.717, 1.165) is 55.4 Å². The van der Waals surface area contributed by atoms with Crippen molar-refractivity contribution in [2.75, 3.05) is 44.2 Å². The molecule has 6 nitrogen and oxygen atoms in total. The van der Waals surface area contributed by atoms with Crippen LogP contribution in [-0.4, -0.2) is 63.9 Å². The maximum Gasteiger partial charge on any atom is 0.157 e. The van der Waals surface area contributed by atoms with E-state index < -0.39 is 0 Å². The van der Waals surface area contributed by atoms with Crippen LogP contribution in [0.1, 0.15) is 0 Å². The smallest absolute Gasteiger partial charge is 0.157 e. The van der Waals surface area contributed by atoms with Crippen molar-refractivity contribution in [1.82, 2.24) is 19.5 Å². The lowest BCUT2D eigenvalue weighted by atomic mass is 10.0. The fourth-order valence-electron chi connectivity index (χ4n) is 3.96. The molecule has 1 aliphatic heterocycles. The van der Waals surface area contributed by atoms with E-state index in [1.807, 2.05) is 10.6 Å². The third kappa shape index (κ3) is 3.10. The minimum absolute atomic E-state index is 0.213. The Kier molecular flexibility index (Phi) is 4.43. The first-order valence-corrected chi connectivity index (χ1v) is 9.74. The molecule has 0 unspecified atom stereocenters. The van der Waals surface area contributed by atoms with E-state index in [9.17, 15) is 5.11 Å². The average Bonchev–Trinajstić information content (AvgIpc) is 3.22. The predicted octanol–water partition coefficient (Wildman–Crippen LogP) is 2.66. The molecule has 0 spiro atoms. The highest BCUT2D eigenvalue weighted by Gasteiger charge is 2.20. The first-order valence-electron chi connectivity index (χ1n) is 9.74. The third-order valence-electron chi connectivity index (χ3n) is 5.50. The van der Waals surface area contributed by atoms with Crippen molar-refractivity contribution >= 4 is 22.2 Å². The maximum atomic E-state index is 9.18. The topological polar surface area (TPSA) is 56.9 Å². The van der Waals surface area contributed by atoms with Crippen LogP contribution in [0.3, 0.4) is 0 Å². The Bertz CT molecular complexity index is 1110. The zero-order chi connectivity index (χ0) is 18.9. The van der Waals surface area contributed by atoms with Crippen molar-refractivity contribution in [2.24, 2.45) is 0 Å². The first kappa shape index (κ1) is 17.2. The number of anilines is 1. The molecule has 142 valence electrons. The molecule has 28 heavy (non-hydrogen) atoms. The third-order valence-corrected chi connectivity index (χ3v) is 5.50. The fourth-order valence-corrected chi connectivity index (χ4v) is 3.96. The van der Waals surface area contributed by atoms with Gasteiger partial charge >= 0.3 is 0 Å². The van der Waals surface area contributed by atoms with Gasteiger partial charge in [0.2, 0.25) is 0 Å². The zero-order valence-corrected chi connectivity index (χ0v) is 15.7. The fraction of sp³-hybridized carbons (Fsp3) is 0.273. The summed E-state index contributed by atoms with van der Waals surface area (Å²) in [5.74, 6) is 1.07. The highest BCUT2D eigenvalue weighted by atomic mass is 16.3. The van der Waals surface area contributed by atoms with Crippen LogP contribution in [0.2, 0.25) is 0 Å². The number of β-amino-alcohol motifs (C(OH)–C–C–N with tert-alkyl or cyclic N) is 1. The molecule has 5 rings (SSSR count). The molecule has 4 aromatic rings. The van der Waals surface area contributed by atoms with Crippen molar-refractivity contribution in [3.05, 3.63) is 60.8 Å². The number of hydrogen-bond acceptors (Lipinski definition) is 5. The Labute approximate surface area is 163 Å². The summed E-state index contributed by atoms with van der Waals surface area (Å²) >= 11 is 0. The van der Waals surface area contributed by atoms with Gasteiger partial charge in [0.1, 0.15) is 5.82 Å². The average molecular weight is 373 g/mol. The SMILES string of the molecule is OCCN1CCN(c2cc(-c3ccc4ccccc4c3)nc3ccnn23)CC1. The minimum atomic E-state index is 0.213. The lowest BCUT2D eigenvalue weighted by Gasteiger charge is -2.35. The van der Waals surface area contributed by atoms with Crippen molar-refractivity contribution in [2.45, 2.75) is 0 Å². The highest BCUT2D eigenvalue weighted by Crippen LogP contribution is 2.27. The van der Waals surface area contributed by atoms with Gasteiger partial charge in [0.15, 0.2) is 5.65 Å². The number of aliphatic hydroxyl groups is 1. The number of aliphatic hydroxyl groups excluding tert-OH is 1. The van der Waals surface area contributed by atoms with Crippen LogP contribution in [0, 0.1) is 0 Å². The van der Waals surface area contributed by atoms with Crippen LogP contribution in [0.4, 0.5) is 5.82 Å². The number of benzene rings is 2. The van der Waals surface area contributed by atoms with Gasteiger partial charge in [-0.2, -0.15) is 9.61 Å². The summed E-state index contributed by atoms with van der Waals surface area (Å²) in [5.41, 5.74) is 2.94. The Morgan fingerprint density at radius 2 is 1.71 bits per heavy atom. The zero-order valence-electron chi connectivity index (χ0n) is 15.7. The number of nitrogens with zero attached hydrogens (tertiary/aromatic N) is 5. The van der Waals surface area contributed by atoms with Crippen molar-refractivity contribution in [3.63, 3.8) is 0 Å². The van der Waals surface area contributed by atoms with Crippen LogP contribution in [0.5, 0.6) is 0 Å². The Morgan fingerprint density at radius 3 is 2.54 bits per heavy atom. The summed E-state index contributed by atoms with van der Waals surface area (Å²) in [7, 11) is 0. The standard InChI is InChI=1S/C22H23N5O/c28-14-13-25-9-11-26(12-10-25)22-16-20(24-21-7-8-23-27(21)22)19-6-5-17-3-1-2-4-18(17)15-19/h1-8,15-16,28H,9-14H2. The van der Waals surface area contributed by atoms with E-state index in [2.05, 4.69) is 63.4 Å². The number of piperazine rings is 1. The van der Waals surface area contributed by atoms with Crippen molar-refractivity contribution in [3.8, 4) is 11.3 Å². The summed E-state index contributed by atoms with van der Waals surface area (Å²) in [5, 5.41) is 16.1. The number of rotatable bonds is 4. The molecule has 1 fully saturated rings. The molecule has 0 amide bonds. The number of fused-ring (bicyclic) bond motifs is 2. The van der Waals surface area contributed by atoms with Gasteiger partial charge in [0, 0.05) is 50.4 Å². The lowest BCUT2D eigenvalue weighted by molar-refractivity contribution is 0.188. The van der Waals surface area contributed by atoms with Crippen LogP contribution in [0.25, 0.3) is 27.7 Å². The molecular weight excluding hydrogens is 350 g/mol. The van der Waals surface area contributed by atoms with Gasteiger partial charge in [-0.15, -0.1) is 0 Å². The van der Waals surface area contributed by atoms with Gasteiger partial charge in [0.25, 0.3) is 0 Å². The monoisotopic (exact) mass is 373 g/mol. The Hall–Kier alpha value is -2.96. The van der Waals surface area contributed by atoms with Crippen LogP contribution < -0.4 is 4.90 Å². The summed E-state index contributed by atoms with van der Waals surface area (Å²) in [6.07, 6.45) is 1.80. The molecule has 1 N–H and O–H groups in total. The molecule has 0 atom stereocenters. The molecule has 6 heteroatoms. The molecule has 1 saturated heterocycles. The van der Waals surface area contributed by atoms with Gasteiger partial charge in [-0.25, -0.2) is 4.98 Å². The molecule has 2 aromatic heterocycles. The van der Waals surface area contributed by atoms with Gasteiger partial charge in [0.05, 0.1) is 18.5 Å². The second kappa shape index (κ2) is 7.22. The molecular formula is C22H23N5O. The number of aromatic nitrogens is 3. The van der Waals surface area contributed by atoms with E-state index in [0.29, 0.717) is 0 Å². The second-order valence-electron chi connectivity index (χ2n) is 7.22. The maximum absolute atomic E-state index is 9.18. The summed E-state index contributed by atoms with van der Waals surface area (Å²) in [4.78, 5) is 9.50. The molecule has 0 aliphatic carbocycles. The lowest BCUT2D eigenvalue weighted by Crippen LogP contribution is -2.47. The van der Waals surface area contributed by atoms with E-state index in [4.69, 9.17) is 4.98 Å². The van der Waals surface area contributed by atoms with Crippen molar-refractivity contribution < 1.29 is 5.11 Å². The highest BCUT2D eigenvalue weighted by molar-refractivity contribution is 5.87. The summed E-state index contributed by atoms with van der Waals surface area (Å²) < 4.78 is 1.92. The second-order valence-corrected chi connectivity index (χ2v) is 7.22. The van der Waals surface area contributed by atoms with E-state index in [1.54, 1.807) is 6.20 Å². The normalized spacial score (nSPS) is 15.5. The van der Waals surface area contributed by atoms with Gasteiger partial charge in [-0.1, -0.05) is 36.4 Å². The van der Waals surface area contributed by atoms with E-state index in [-0.39, 0.29) is 6.61 Å². The molecule has 0 radical (unpaired) electrons. The van der Waals surface area contributed by atoms with Gasteiger partial charge < -0.3 is 10.0 Å². The minimum Gasteiger partial charge on any atom is -0.395 e. The molecule has 3 heterocycles. The van der Waals surface area contributed by atoms with Crippen LogP contribution in [0.15, 0.2) is 60.8 Å². The van der Waals surface area contributed by atoms with Gasteiger partial charge in [-0.3, -0.25) is 4.90 Å². The van der Waals surface area contributed by atoms with Crippen LogP contribution in [-0.2, 0) is 0 Å². The van der Waals surface area contributed by atoms with Crippen molar-refractivity contribution in [1.29, 1.82) is 0 Å².